The lowest BCUT2D eigenvalue weighted by molar-refractivity contribution is 0.587. The molecule has 1 heterocycles. The van der Waals surface area contributed by atoms with E-state index in [1.54, 1.807) is 0 Å². The average Bonchev–Trinajstić information content (AvgIpc) is 3.06. The Balaban J connectivity index is 1.93. The van der Waals surface area contributed by atoms with Gasteiger partial charge >= 0.3 is 0 Å². The highest BCUT2D eigenvalue weighted by molar-refractivity contribution is 7.05. The Bertz CT molecular complexity index is 546. The maximum Gasteiger partial charge on any atom is 0.135 e. The molecule has 0 atom stereocenters. The summed E-state index contributed by atoms with van der Waals surface area (Å²) in [6.07, 6.45) is 2.32. The SMILES string of the molecule is Fc1cccc(F)c1-c1nnsc1CNC1CC1. The number of rotatable bonds is 4. The van der Waals surface area contributed by atoms with Crippen molar-refractivity contribution in [3.05, 3.63) is 34.7 Å². The molecule has 3 rings (SSSR count). The summed E-state index contributed by atoms with van der Waals surface area (Å²) in [7, 11) is 0. The second-order valence-electron chi connectivity index (χ2n) is 4.30. The number of nitrogens with zero attached hydrogens (tertiary/aromatic N) is 2. The minimum atomic E-state index is -0.602. The fourth-order valence-electron chi connectivity index (χ4n) is 1.76. The molecule has 0 aliphatic heterocycles. The zero-order chi connectivity index (χ0) is 12.5. The molecular weight excluding hydrogens is 256 g/mol. The van der Waals surface area contributed by atoms with Crippen molar-refractivity contribution in [3.63, 3.8) is 0 Å². The van der Waals surface area contributed by atoms with E-state index in [4.69, 9.17) is 0 Å². The number of nitrogens with one attached hydrogen (secondary N) is 1. The predicted molar refractivity (Wildman–Crippen MR) is 65.1 cm³/mol. The quantitative estimate of drug-likeness (QED) is 0.925. The lowest BCUT2D eigenvalue weighted by Gasteiger charge is -2.04. The highest BCUT2D eigenvalue weighted by atomic mass is 32.1. The summed E-state index contributed by atoms with van der Waals surface area (Å²) < 4.78 is 31.2. The Hall–Kier alpha value is -1.40. The normalized spacial score (nSPS) is 15.0. The summed E-state index contributed by atoms with van der Waals surface area (Å²) >= 11 is 1.17. The smallest absolute Gasteiger partial charge is 0.135 e. The van der Waals surface area contributed by atoms with Crippen molar-refractivity contribution in [1.82, 2.24) is 14.9 Å². The van der Waals surface area contributed by atoms with E-state index >= 15 is 0 Å². The van der Waals surface area contributed by atoms with Gasteiger partial charge in [-0.2, -0.15) is 0 Å². The molecule has 94 valence electrons. The molecule has 1 aliphatic rings. The van der Waals surface area contributed by atoms with Gasteiger partial charge in [0.15, 0.2) is 0 Å². The topological polar surface area (TPSA) is 37.8 Å². The number of hydrogen-bond donors (Lipinski definition) is 1. The Kier molecular flexibility index (Phi) is 3.05. The summed E-state index contributed by atoms with van der Waals surface area (Å²) in [5.74, 6) is -1.20. The van der Waals surface area contributed by atoms with Crippen molar-refractivity contribution in [2.75, 3.05) is 0 Å². The summed E-state index contributed by atoms with van der Waals surface area (Å²) in [5, 5.41) is 7.15. The van der Waals surface area contributed by atoms with Gasteiger partial charge in [-0.3, -0.25) is 0 Å². The van der Waals surface area contributed by atoms with E-state index in [1.165, 1.54) is 29.7 Å². The maximum absolute atomic E-state index is 13.7. The third-order valence-corrected chi connectivity index (χ3v) is 3.61. The van der Waals surface area contributed by atoms with E-state index in [2.05, 4.69) is 14.9 Å². The minimum Gasteiger partial charge on any atom is -0.309 e. The van der Waals surface area contributed by atoms with Crippen LogP contribution in [0.5, 0.6) is 0 Å². The first-order chi connectivity index (χ1) is 8.75. The molecule has 1 aromatic carbocycles. The maximum atomic E-state index is 13.7. The lowest BCUT2D eigenvalue weighted by Crippen LogP contribution is -2.15. The third kappa shape index (κ3) is 2.26. The van der Waals surface area contributed by atoms with Gasteiger partial charge in [-0.1, -0.05) is 10.6 Å². The highest BCUT2D eigenvalue weighted by Crippen LogP contribution is 2.29. The lowest BCUT2D eigenvalue weighted by atomic mass is 10.1. The largest absolute Gasteiger partial charge is 0.309 e. The van der Waals surface area contributed by atoms with Crippen molar-refractivity contribution in [2.45, 2.75) is 25.4 Å². The second-order valence-corrected chi connectivity index (χ2v) is 5.14. The molecule has 0 spiro atoms. The van der Waals surface area contributed by atoms with Crippen LogP contribution < -0.4 is 5.32 Å². The number of benzene rings is 1. The molecule has 18 heavy (non-hydrogen) atoms. The van der Waals surface area contributed by atoms with Gasteiger partial charge in [-0.05, 0) is 36.5 Å². The molecule has 1 N–H and O–H groups in total. The van der Waals surface area contributed by atoms with Crippen LogP contribution in [-0.4, -0.2) is 15.6 Å². The molecule has 1 saturated carbocycles. The zero-order valence-electron chi connectivity index (χ0n) is 9.49. The van der Waals surface area contributed by atoms with E-state index < -0.39 is 11.6 Å². The fourth-order valence-corrected chi connectivity index (χ4v) is 2.36. The predicted octanol–water partition coefficient (Wildman–Crippen LogP) is 2.74. The first-order valence-electron chi connectivity index (χ1n) is 5.74. The van der Waals surface area contributed by atoms with Crippen LogP contribution in [0.3, 0.4) is 0 Å². The average molecular weight is 267 g/mol. The molecule has 0 saturated heterocycles. The molecule has 3 nitrogen and oxygen atoms in total. The van der Waals surface area contributed by atoms with E-state index in [0.29, 0.717) is 18.3 Å². The standard InChI is InChI=1S/C12H11F2N3S/c13-8-2-1-3-9(14)11(8)12-10(18-17-16-12)6-15-7-4-5-7/h1-3,7,15H,4-6H2. The van der Waals surface area contributed by atoms with Crippen molar-refractivity contribution in [3.8, 4) is 11.3 Å². The van der Waals surface area contributed by atoms with Gasteiger partial charge in [0.2, 0.25) is 0 Å². The second kappa shape index (κ2) is 4.70. The molecule has 1 aliphatic carbocycles. The van der Waals surface area contributed by atoms with Crippen LogP contribution in [0.4, 0.5) is 8.78 Å². The molecule has 0 unspecified atom stereocenters. The van der Waals surface area contributed by atoms with Crippen LogP contribution in [0.1, 0.15) is 17.7 Å². The van der Waals surface area contributed by atoms with Crippen LogP contribution in [-0.2, 0) is 6.54 Å². The van der Waals surface area contributed by atoms with Crippen molar-refractivity contribution in [2.24, 2.45) is 0 Å². The van der Waals surface area contributed by atoms with Gasteiger partial charge in [0.05, 0.1) is 10.4 Å². The van der Waals surface area contributed by atoms with Gasteiger partial charge in [-0.25, -0.2) is 8.78 Å². The molecule has 0 bridgehead atoms. The Morgan fingerprint density at radius 2 is 2.00 bits per heavy atom. The molecule has 1 fully saturated rings. The summed E-state index contributed by atoms with van der Waals surface area (Å²) in [5.41, 5.74) is 0.225. The van der Waals surface area contributed by atoms with Crippen LogP contribution in [0, 0.1) is 11.6 Å². The van der Waals surface area contributed by atoms with Gasteiger partial charge < -0.3 is 5.32 Å². The Labute approximate surface area is 107 Å². The molecule has 2 aromatic rings. The highest BCUT2D eigenvalue weighted by Gasteiger charge is 2.23. The first-order valence-corrected chi connectivity index (χ1v) is 6.52. The van der Waals surface area contributed by atoms with Crippen LogP contribution >= 0.6 is 11.5 Å². The molecule has 1 aromatic heterocycles. The Morgan fingerprint density at radius 3 is 2.67 bits per heavy atom. The molecule has 0 radical (unpaired) electrons. The Morgan fingerprint density at radius 1 is 1.28 bits per heavy atom. The number of hydrogen-bond acceptors (Lipinski definition) is 4. The third-order valence-electron chi connectivity index (χ3n) is 2.88. The van der Waals surface area contributed by atoms with Crippen LogP contribution in [0.15, 0.2) is 18.2 Å². The van der Waals surface area contributed by atoms with Crippen LogP contribution in [0.2, 0.25) is 0 Å². The van der Waals surface area contributed by atoms with Crippen molar-refractivity contribution >= 4 is 11.5 Å². The van der Waals surface area contributed by atoms with Gasteiger partial charge in [0, 0.05) is 12.6 Å². The van der Waals surface area contributed by atoms with E-state index in [1.807, 2.05) is 0 Å². The van der Waals surface area contributed by atoms with Crippen LogP contribution in [0.25, 0.3) is 11.3 Å². The number of halogens is 2. The molecular formula is C12H11F2N3S. The number of aromatic nitrogens is 2. The molecule has 0 amide bonds. The van der Waals surface area contributed by atoms with E-state index in [-0.39, 0.29) is 5.56 Å². The summed E-state index contributed by atoms with van der Waals surface area (Å²) in [4.78, 5) is 0.769. The van der Waals surface area contributed by atoms with E-state index in [0.717, 1.165) is 17.7 Å². The monoisotopic (exact) mass is 267 g/mol. The fraction of sp³-hybridized carbons (Fsp3) is 0.333. The van der Waals surface area contributed by atoms with Gasteiger partial charge in [-0.15, -0.1) is 5.10 Å². The van der Waals surface area contributed by atoms with Crippen molar-refractivity contribution in [1.29, 1.82) is 0 Å². The summed E-state index contributed by atoms with van der Waals surface area (Å²) in [6.45, 7) is 0.561. The zero-order valence-corrected chi connectivity index (χ0v) is 10.3. The van der Waals surface area contributed by atoms with Gasteiger partial charge in [0.1, 0.15) is 17.3 Å². The first kappa shape index (κ1) is 11.7. The van der Waals surface area contributed by atoms with Crippen molar-refractivity contribution < 1.29 is 8.78 Å². The molecule has 6 heteroatoms. The van der Waals surface area contributed by atoms with E-state index in [9.17, 15) is 8.78 Å². The van der Waals surface area contributed by atoms with Gasteiger partial charge in [0.25, 0.3) is 0 Å². The summed E-state index contributed by atoms with van der Waals surface area (Å²) in [6, 6.07) is 4.34. The minimum absolute atomic E-state index is 0.0844.